The van der Waals surface area contributed by atoms with Gasteiger partial charge in [0.2, 0.25) is 0 Å². The molecule has 0 saturated carbocycles. The molecule has 0 unspecified atom stereocenters. The molecule has 0 fully saturated rings. The van der Waals surface area contributed by atoms with Crippen LogP contribution in [0.25, 0.3) is 16.7 Å². The molecule has 0 spiro atoms. The maximum absolute atomic E-state index is 13.0. The number of hydrogen-bond donors (Lipinski definition) is 2. The van der Waals surface area contributed by atoms with Gasteiger partial charge in [-0.1, -0.05) is 29.8 Å². The Morgan fingerprint density at radius 2 is 1.92 bits per heavy atom. The summed E-state index contributed by atoms with van der Waals surface area (Å²) in [6.45, 7) is 1.05. The third-order valence-electron chi connectivity index (χ3n) is 3.75. The number of hydrogen-bond acceptors (Lipinski definition) is 2. The highest BCUT2D eigenvalue weighted by molar-refractivity contribution is 7.80. The van der Waals surface area contributed by atoms with Crippen LogP contribution in [0.2, 0.25) is 5.02 Å². The second kappa shape index (κ2) is 7.07. The topological polar surface area (TPSA) is 51.0 Å². The maximum Gasteiger partial charge on any atom is 0.333 e. The predicted molar refractivity (Wildman–Crippen MR) is 102 cm³/mol. The van der Waals surface area contributed by atoms with Crippen LogP contribution >= 0.6 is 23.8 Å². The minimum Gasteiger partial charge on any atom is -0.366 e. The number of fused-ring (bicyclic) bond motifs is 1. The van der Waals surface area contributed by atoms with Crippen LogP contribution in [-0.4, -0.2) is 27.8 Å². The smallest absolute Gasteiger partial charge is 0.333 e. The fourth-order valence-corrected chi connectivity index (χ4v) is 2.91. The van der Waals surface area contributed by atoms with Crippen LogP contribution in [0.15, 0.2) is 53.3 Å². The van der Waals surface area contributed by atoms with E-state index in [1.807, 2.05) is 42.5 Å². The van der Waals surface area contributed by atoms with E-state index in [1.54, 1.807) is 22.2 Å². The van der Waals surface area contributed by atoms with Crippen LogP contribution in [-0.2, 0) is 6.54 Å². The minimum absolute atomic E-state index is 0.101. The number of nitrogens with one attached hydrogen (secondary N) is 2. The van der Waals surface area contributed by atoms with Gasteiger partial charge in [-0.2, -0.15) is 0 Å². The Hall–Kier alpha value is -2.31. The first-order valence-electron chi connectivity index (χ1n) is 7.53. The van der Waals surface area contributed by atoms with Gasteiger partial charge in [-0.3, -0.25) is 9.13 Å². The second-order valence-corrected chi connectivity index (χ2v) is 6.09. The fraction of sp³-hybridized carbons (Fsp3) is 0.176. The van der Waals surface area contributed by atoms with Crippen LogP contribution < -0.4 is 16.3 Å². The molecule has 0 radical (unpaired) electrons. The Kier molecular flexibility index (Phi) is 4.87. The highest BCUT2D eigenvalue weighted by Gasteiger charge is 2.14. The van der Waals surface area contributed by atoms with Crippen molar-refractivity contribution in [1.82, 2.24) is 19.8 Å². The summed E-state index contributed by atoms with van der Waals surface area (Å²) >= 11 is 11.2. The molecular formula is C17H17ClN4OS. The lowest BCUT2D eigenvalue weighted by atomic mass is 10.3. The van der Waals surface area contributed by atoms with E-state index in [4.69, 9.17) is 23.8 Å². The Morgan fingerprint density at radius 1 is 1.17 bits per heavy atom. The lowest BCUT2D eigenvalue weighted by Crippen LogP contribution is -2.36. The number of rotatable bonds is 4. The lowest BCUT2D eigenvalue weighted by molar-refractivity contribution is 0.658. The van der Waals surface area contributed by atoms with Crippen molar-refractivity contribution in [2.24, 2.45) is 0 Å². The van der Waals surface area contributed by atoms with Crippen molar-refractivity contribution in [3.63, 3.8) is 0 Å². The van der Waals surface area contributed by atoms with Crippen molar-refractivity contribution in [3.05, 3.63) is 64.0 Å². The fourth-order valence-electron chi connectivity index (χ4n) is 2.64. The van der Waals surface area contributed by atoms with E-state index < -0.39 is 0 Å². The molecule has 24 heavy (non-hydrogen) atoms. The summed E-state index contributed by atoms with van der Waals surface area (Å²) in [6, 6.07) is 15.0. The standard InChI is InChI=1S/C17H17ClN4OS/c1-19-16(24)20-9-10-21-14-8-7-12(18)11-15(14)22(17(21)23)13-5-3-2-4-6-13/h2-8,11H,9-10H2,1H3,(H2,19,20,24). The van der Waals surface area contributed by atoms with Crippen LogP contribution in [0.1, 0.15) is 0 Å². The van der Waals surface area contributed by atoms with Gasteiger partial charge >= 0.3 is 5.69 Å². The molecule has 0 saturated heterocycles. The largest absolute Gasteiger partial charge is 0.366 e. The summed E-state index contributed by atoms with van der Waals surface area (Å²) < 4.78 is 3.40. The summed E-state index contributed by atoms with van der Waals surface area (Å²) in [5, 5.41) is 7.06. The van der Waals surface area contributed by atoms with E-state index in [1.165, 1.54) is 0 Å². The van der Waals surface area contributed by atoms with Crippen molar-refractivity contribution in [1.29, 1.82) is 0 Å². The van der Waals surface area contributed by atoms with Crippen molar-refractivity contribution >= 4 is 40.0 Å². The first-order valence-corrected chi connectivity index (χ1v) is 8.32. The van der Waals surface area contributed by atoms with Gasteiger partial charge in [0, 0.05) is 25.2 Å². The van der Waals surface area contributed by atoms with Gasteiger partial charge in [-0.05, 0) is 42.5 Å². The van der Waals surface area contributed by atoms with E-state index in [2.05, 4.69) is 10.6 Å². The molecule has 2 N–H and O–H groups in total. The molecular weight excluding hydrogens is 344 g/mol. The summed E-state index contributed by atoms with van der Waals surface area (Å²) in [4.78, 5) is 13.0. The van der Waals surface area contributed by atoms with Crippen LogP contribution in [0.4, 0.5) is 0 Å². The molecule has 5 nitrogen and oxygen atoms in total. The molecule has 3 rings (SSSR count). The third-order valence-corrected chi connectivity index (χ3v) is 4.34. The molecule has 7 heteroatoms. The van der Waals surface area contributed by atoms with Gasteiger partial charge in [-0.15, -0.1) is 0 Å². The zero-order chi connectivity index (χ0) is 17.1. The number of imidazole rings is 1. The van der Waals surface area contributed by atoms with Gasteiger partial charge in [0.05, 0.1) is 16.7 Å². The second-order valence-electron chi connectivity index (χ2n) is 5.24. The zero-order valence-corrected chi connectivity index (χ0v) is 14.7. The molecule has 1 aromatic heterocycles. The molecule has 0 bridgehead atoms. The van der Waals surface area contributed by atoms with E-state index >= 15 is 0 Å². The Bertz CT molecular complexity index is 933. The normalized spacial score (nSPS) is 10.8. The highest BCUT2D eigenvalue weighted by atomic mass is 35.5. The highest BCUT2D eigenvalue weighted by Crippen LogP contribution is 2.21. The first-order chi connectivity index (χ1) is 11.6. The summed E-state index contributed by atoms with van der Waals surface area (Å²) in [7, 11) is 1.75. The molecule has 0 atom stereocenters. The van der Waals surface area contributed by atoms with Crippen molar-refractivity contribution in [2.75, 3.05) is 13.6 Å². The van der Waals surface area contributed by atoms with Gasteiger partial charge in [0.25, 0.3) is 0 Å². The minimum atomic E-state index is -0.101. The summed E-state index contributed by atoms with van der Waals surface area (Å²) in [5.74, 6) is 0. The first kappa shape index (κ1) is 16.5. The number of para-hydroxylation sites is 1. The van der Waals surface area contributed by atoms with E-state index in [0.29, 0.717) is 23.2 Å². The molecule has 0 aliphatic carbocycles. The molecule has 1 heterocycles. The van der Waals surface area contributed by atoms with Crippen molar-refractivity contribution in [2.45, 2.75) is 6.54 Å². The van der Waals surface area contributed by atoms with E-state index in [-0.39, 0.29) is 5.69 Å². The van der Waals surface area contributed by atoms with Gasteiger partial charge in [0.15, 0.2) is 5.11 Å². The Labute approximate surface area is 149 Å². The molecule has 2 aromatic carbocycles. The zero-order valence-electron chi connectivity index (χ0n) is 13.1. The molecule has 124 valence electrons. The SMILES string of the molecule is CNC(=S)NCCn1c(=O)n(-c2ccccc2)c2cc(Cl)ccc21. The summed E-state index contributed by atoms with van der Waals surface area (Å²) in [6.07, 6.45) is 0. The quantitative estimate of drug-likeness (QED) is 0.702. The van der Waals surface area contributed by atoms with Gasteiger partial charge in [-0.25, -0.2) is 4.79 Å². The molecule has 3 aromatic rings. The monoisotopic (exact) mass is 360 g/mol. The lowest BCUT2D eigenvalue weighted by Gasteiger charge is -2.07. The molecule has 0 aliphatic heterocycles. The number of thiocarbonyl (C=S) groups is 1. The number of halogens is 1. The number of aromatic nitrogens is 2. The van der Waals surface area contributed by atoms with Gasteiger partial charge < -0.3 is 10.6 Å². The molecule has 0 aliphatic rings. The van der Waals surface area contributed by atoms with E-state index in [0.717, 1.165) is 16.7 Å². The number of benzene rings is 2. The average Bonchev–Trinajstić information content (AvgIpc) is 2.86. The third kappa shape index (κ3) is 3.16. The Balaban J connectivity index is 2.08. The average molecular weight is 361 g/mol. The van der Waals surface area contributed by atoms with Crippen LogP contribution in [0, 0.1) is 0 Å². The summed E-state index contributed by atoms with van der Waals surface area (Å²) in [5.41, 5.74) is 2.34. The van der Waals surface area contributed by atoms with Crippen molar-refractivity contribution < 1.29 is 0 Å². The number of nitrogens with zero attached hydrogens (tertiary/aromatic N) is 2. The Morgan fingerprint density at radius 3 is 2.62 bits per heavy atom. The predicted octanol–water partition coefficient (Wildman–Crippen LogP) is 2.54. The van der Waals surface area contributed by atoms with Crippen molar-refractivity contribution in [3.8, 4) is 5.69 Å². The van der Waals surface area contributed by atoms with Gasteiger partial charge in [0.1, 0.15) is 0 Å². The molecule has 0 amide bonds. The maximum atomic E-state index is 13.0. The van der Waals surface area contributed by atoms with E-state index in [9.17, 15) is 4.79 Å². The van der Waals surface area contributed by atoms with Crippen LogP contribution in [0.5, 0.6) is 0 Å². The van der Waals surface area contributed by atoms with Crippen LogP contribution in [0.3, 0.4) is 0 Å².